The summed E-state index contributed by atoms with van der Waals surface area (Å²) in [6, 6.07) is 7.31. The van der Waals surface area contributed by atoms with Gasteiger partial charge in [0.15, 0.2) is 0 Å². The van der Waals surface area contributed by atoms with Crippen molar-refractivity contribution in [3.63, 3.8) is 0 Å². The van der Waals surface area contributed by atoms with Crippen molar-refractivity contribution in [1.29, 1.82) is 0 Å². The summed E-state index contributed by atoms with van der Waals surface area (Å²) in [6.45, 7) is 12.1. The molecule has 2 aromatic rings. The molecule has 15 heteroatoms. The molecule has 2 fully saturated rings. The van der Waals surface area contributed by atoms with E-state index in [0.29, 0.717) is 37.4 Å². The number of carbonyl (C=O) groups excluding carboxylic acids is 4. The first-order valence-corrected chi connectivity index (χ1v) is 17.4. The Morgan fingerprint density at radius 2 is 1.67 bits per heavy atom. The zero-order valence-corrected chi connectivity index (χ0v) is 28.6. The van der Waals surface area contributed by atoms with E-state index < -0.39 is 44.3 Å². The highest BCUT2D eigenvalue weighted by Crippen LogP contribution is 2.42. The number of nitrogens with zero attached hydrogens (tertiary/aromatic N) is 4. The molecule has 0 spiro atoms. The van der Waals surface area contributed by atoms with Gasteiger partial charge in [-0.3, -0.25) is 14.6 Å². The molecule has 3 heterocycles. The lowest BCUT2D eigenvalue weighted by Gasteiger charge is -2.34. The summed E-state index contributed by atoms with van der Waals surface area (Å²) in [6.07, 6.45) is 2.78. The van der Waals surface area contributed by atoms with E-state index in [9.17, 15) is 27.6 Å². The van der Waals surface area contributed by atoms with Crippen molar-refractivity contribution < 1.29 is 32.3 Å². The van der Waals surface area contributed by atoms with Gasteiger partial charge < -0.3 is 25.2 Å². The standard InChI is InChI=1S/C31H42N6O7S2/c1-21(38)35-14-16-36(17-15-35)29(41)33-23-11-9-22(10-12-23)18-25(28(40)44-30(2,3)4)34-27(39)26-31(5,6)45-20-37(26)46(42,43)24-8-7-13-32-19-24/h7-13,19,25-26H,14-18,20H2,1-6H3,(H,33,41)(H,34,39)/t25-,26+/m0/s1. The molecule has 2 saturated heterocycles. The number of aromatic nitrogens is 1. The van der Waals surface area contributed by atoms with Gasteiger partial charge in [0.2, 0.25) is 21.8 Å². The molecule has 1 aromatic carbocycles. The molecule has 0 saturated carbocycles. The molecular formula is C31H42N6O7S2. The second-order valence-corrected chi connectivity index (χ2v) is 16.3. The molecule has 13 nitrogen and oxygen atoms in total. The minimum atomic E-state index is -4.06. The van der Waals surface area contributed by atoms with Gasteiger partial charge in [-0.25, -0.2) is 18.0 Å². The Bertz CT molecular complexity index is 1540. The second-order valence-electron chi connectivity index (χ2n) is 12.8. The average Bonchev–Trinajstić information content (AvgIpc) is 3.33. The van der Waals surface area contributed by atoms with Gasteiger partial charge in [-0.05, 0) is 64.4 Å². The predicted octanol–water partition coefficient (Wildman–Crippen LogP) is 2.69. The Hall–Kier alpha value is -3.69. The second kappa shape index (κ2) is 14.0. The number of esters is 1. The average molecular weight is 675 g/mol. The Morgan fingerprint density at radius 3 is 2.24 bits per heavy atom. The van der Waals surface area contributed by atoms with Crippen LogP contribution in [0, 0.1) is 0 Å². The van der Waals surface area contributed by atoms with Crippen LogP contribution in [0.1, 0.15) is 47.1 Å². The summed E-state index contributed by atoms with van der Waals surface area (Å²) in [4.78, 5) is 58.8. The first-order chi connectivity index (χ1) is 21.5. The number of thioether (sulfide) groups is 1. The summed E-state index contributed by atoms with van der Waals surface area (Å²) in [5.74, 6) is -1.24. The smallest absolute Gasteiger partial charge is 0.329 e. The summed E-state index contributed by atoms with van der Waals surface area (Å²) >= 11 is 1.33. The highest BCUT2D eigenvalue weighted by Gasteiger charge is 2.51. The maximum atomic E-state index is 13.9. The van der Waals surface area contributed by atoms with E-state index in [-0.39, 0.29) is 29.1 Å². The molecule has 0 aliphatic carbocycles. The third kappa shape index (κ3) is 8.56. The molecular weight excluding hydrogens is 633 g/mol. The van der Waals surface area contributed by atoms with Crippen molar-refractivity contribution in [2.75, 3.05) is 37.4 Å². The van der Waals surface area contributed by atoms with Gasteiger partial charge in [0.25, 0.3) is 0 Å². The van der Waals surface area contributed by atoms with Crippen LogP contribution in [-0.2, 0) is 35.6 Å². The zero-order chi connectivity index (χ0) is 33.9. The molecule has 250 valence electrons. The number of hydrogen-bond acceptors (Lipinski definition) is 9. The lowest BCUT2D eigenvalue weighted by atomic mass is 10.0. The van der Waals surface area contributed by atoms with Gasteiger partial charge in [-0.2, -0.15) is 4.31 Å². The van der Waals surface area contributed by atoms with Crippen molar-refractivity contribution in [1.82, 2.24) is 24.4 Å². The molecule has 2 aliphatic rings. The summed E-state index contributed by atoms with van der Waals surface area (Å²) < 4.78 is 33.1. The van der Waals surface area contributed by atoms with E-state index in [0.717, 1.165) is 4.31 Å². The number of benzene rings is 1. The van der Waals surface area contributed by atoms with Crippen LogP contribution in [0.25, 0.3) is 0 Å². The summed E-state index contributed by atoms with van der Waals surface area (Å²) in [5.41, 5.74) is 0.396. The predicted molar refractivity (Wildman–Crippen MR) is 174 cm³/mol. The van der Waals surface area contributed by atoms with Gasteiger partial charge in [0, 0.05) is 62.4 Å². The number of sulfonamides is 1. The number of urea groups is 1. The molecule has 2 atom stereocenters. The fourth-order valence-electron chi connectivity index (χ4n) is 5.22. The van der Waals surface area contributed by atoms with E-state index in [1.807, 2.05) is 0 Å². The number of piperazine rings is 1. The van der Waals surface area contributed by atoms with Gasteiger partial charge >= 0.3 is 12.0 Å². The third-order valence-electron chi connectivity index (χ3n) is 7.66. The van der Waals surface area contributed by atoms with Crippen LogP contribution >= 0.6 is 11.8 Å². The number of ether oxygens (including phenoxy) is 1. The highest BCUT2D eigenvalue weighted by molar-refractivity contribution is 8.02. The van der Waals surface area contributed by atoms with Crippen molar-refractivity contribution >= 4 is 51.3 Å². The van der Waals surface area contributed by atoms with E-state index >= 15 is 0 Å². The Kier molecular flexibility index (Phi) is 10.7. The number of rotatable bonds is 8. The molecule has 2 N–H and O–H groups in total. The van der Waals surface area contributed by atoms with Gasteiger partial charge in [-0.1, -0.05) is 12.1 Å². The van der Waals surface area contributed by atoms with Crippen LogP contribution < -0.4 is 10.6 Å². The molecule has 0 unspecified atom stereocenters. The Balaban J connectivity index is 1.49. The molecule has 0 bridgehead atoms. The highest BCUT2D eigenvalue weighted by atomic mass is 32.2. The molecule has 1 aromatic heterocycles. The Morgan fingerprint density at radius 1 is 1.04 bits per heavy atom. The van der Waals surface area contributed by atoms with Crippen molar-refractivity contribution in [2.24, 2.45) is 0 Å². The minimum Gasteiger partial charge on any atom is -0.458 e. The first-order valence-electron chi connectivity index (χ1n) is 15.0. The molecule has 46 heavy (non-hydrogen) atoms. The van der Waals surface area contributed by atoms with E-state index in [2.05, 4.69) is 15.6 Å². The van der Waals surface area contributed by atoms with E-state index in [1.165, 1.54) is 43.2 Å². The number of pyridine rings is 1. The number of carbonyl (C=O) groups is 4. The molecule has 0 radical (unpaired) electrons. The Labute approximate surface area is 274 Å². The maximum absolute atomic E-state index is 13.9. The van der Waals surface area contributed by atoms with Crippen LogP contribution in [0.5, 0.6) is 0 Å². The van der Waals surface area contributed by atoms with Crippen LogP contribution in [-0.4, -0.2) is 106 Å². The fourth-order valence-corrected chi connectivity index (χ4v) is 8.36. The van der Waals surface area contributed by atoms with Crippen molar-refractivity contribution in [2.45, 2.75) is 75.3 Å². The lowest BCUT2D eigenvalue weighted by molar-refractivity contribution is -0.158. The molecule has 4 rings (SSSR count). The number of hydrogen-bond donors (Lipinski definition) is 2. The summed E-state index contributed by atoms with van der Waals surface area (Å²) in [7, 11) is -4.06. The SMILES string of the molecule is CC(=O)N1CCN(C(=O)Nc2ccc(C[C@H](NC(=O)[C@H]3N(S(=O)(=O)c4cccnc4)CSC3(C)C)C(=O)OC(C)(C)C)cc2)CC1. The normalized spacial score (nSPS) is 19.3. The van der Waals surface area contributed by atoms with E-state index in [4.69, 9.17) is 4.74 Å². The number of amides is 4. The quantitative estimate of drug-likeness (QED) is 0.402. The van der Waals surface area contributed by atoms with Crippen molar-refractivity contribution in [3.05, 3.63) is 54.4 Å². The van der Waals surface area contributed by atoms with Crippen LogP contribution in [0.3, 0.4) is 0 Å². The van der Waals surface area contributed by atoms with Crippen molar-refractivity contribution in [3.8, 4) is 0 Å². The molecule has 2 aliphatic heterocycles. The zero-order valence-electron chi connectivity index (χ0n) is 27.0. The van der Waals surface area contributed by atoms with Gasteiger partial charge in [0.05, 0.1) is 5.88 Å². The summed E-state index contributed by atoms with van der Waals surface area (Å²) in [5, 5.41) is 5.64. The maximum Gasteiger partial charge on any atom is 0.329 e. The monoisotopic (exact) mass is 674 g/mol. The van der Waals surface area contributed by atoms with Gasteiger partial charge in [0.1, 0.15) is 22.6 Å². The first kappa shape index (κ1) is 35.2. The third-order valence-corrected chi connectivity index (χ3v) is 11.0. The van der Waals surface area contributed by atoms with Crippen LogP contribution in [0.4, 0.5) is 10.5 Å². The molecule has 4 amide bonds. The van der Waals surface area contributed by atoms with Gasteiger partial charge in [-0.15, -0.1) is 11.8 Å². The van der Waals surface area contributed by atoms with E-state index in [1.54, 1.807) is 68.7 Å². The largest absolute Gasteiger partial charge is 0.458 e. The minimum absolute atomic E-state index is 0.0190. The van der Waals surface area contributed by atoms with Crippen LogP contribution in [0.2, 0.25) is 0 Å². The number of anilines is 1. The number of nitrogens with one attached hydrogen (secondary N) is 2. The fraction of sp³-hybridized carbons (Fsp3) is 0.516. The topological polar surface area (TPSA) is 158 Å². The van der Waals surface area contributed by atoms with Crippen LogP contribution in [0.15, 0.2) is 53.7 Å². The lowest BCUT2D eigenvalue weighted by Crippen LogP contribution is -2.57.